The number of aromatic nitrogens is 3. The highest BCUT2D eigenvalue weighted by atomic mass is 16.6. The van der Waals surface area contributed by atoms with Crippen LogP contribution in [0.3, 0.4) is 0 Å². The Hall–Kier alpha value is -2.77. The van der Waals surface area contributed by atoms with E-state index in [-0.39, 0.29) is 28.9 Å². The number of nitrogens with one attached hydrogen (secondary N) is 1. The second-order valence-electron chi connectivity index (χ2n) is 5.67. The number of hydrogen-bond donors (Lipinski definition) is 1. The quantitative estimate of drug-likeness (QED) is 0.455. The van der Waals surface area contributed by atoms with Crippen molar-refractivity contribution in [3.8, 4) is 5.69 Å². The Balaban J connectivity index is 2.15. The van der Waals surface area contributed by atoms with Gasteiger partial charge in [-0.2, -0.15) is 5.10 Å². The van der Waals surface area contributed by atoms with Gasteiger partial charge in [0.15, 0.2) is 0 Å². The van der Waals surface area contributed by atoms with Gasteiger partial charge >= 0.3 is 0 Å². The van der Waals surface area contributed by atoms with Crippen LogP contribution in [0, 0.1) is 10.1 Å². The maximum absolute atomic E-state index is 12.3. The van der Waals surface area contributed by atoms with E-state index in [0.717, 1.165) is 25.7 Å². The van der Waals surface area contributed by atoms with Crippen LogP contribution in [0.4, 0.5) is 5.69 Å². The van der Waals surface area contributed by atoms with Crippen molar-refractivity contribution in [1.82, 2.24) is 20.1 Å². The molecule has 0 aliphatic heterocycles. The SMILES string of the molecule is CCCCCC(C)NC(=O)c1ccc(-n2cncn2)c([N+](=O)[O-])c1. The van der Waals surface area contributed by atoms with E-state index in [1.807, 2.05) is 6.92 Å². The van der Waals surface area contributed by atoms with Crippen LogP contribution >= 0.6 is 0 Å². The number of benzene rings is 1. The maximum Gasteiger partial charge on any atom is 0.295 e. The third kappa shape index (κ3) is 4.37. The molecule has 1 aromatic carbocycles. The number of unbranched alkanes of at least 4 members (excludes halogenated alkanes) is 2. The summed E-state index contributed by atoms with van der Waals surface area (Å²) in [4.78, 5) is 26.8. The number of nitro benzene ring substituents is 1. The minimum absolute atomic E-state index is 0.0260. The first-order valence-electron chi connectivity index (χ1n) is 7.97. The van der Waals surface area contributed by atoms with E-state index in [1.54, 1.807) is 6.07 Å². The average Bonchev–Trinajstić information content (AvgIpc) is 3.08. The Kier molecular flexibility index (Phi) is 6.00. The molecule has 1 atom stereocenters. The summed E-state index contributed by atoms with van der Waals surface area (Å²) in [5, 5.41) is 18.1. The fourth-order valence-electron chi connectivity index (χ4n) is 2.42. The van der Waals surface area contributed by atoms with Crippen molar-refractivity contribution in [2.45, 2.75) is 45.6 Å². The lowest BCUT2D eigenvalue weighted by Crippen LogP contribution is -2.32. The van der Waals surface area contributed by atoms with E-state index in [4.69, 9.17) is 0 Å². The molecule has 0 radical (unpaired) electrons. The minimum Gasteiger partial charge on any atom is -0.350 e. The lowest BCUT2D eigenvalue weighted by Gasteiger charge is -2.14. The van der Waals surface area contributed by atoms with Gasteiger partial charge in [0, 0.05) is 17.7 Å². The van der Waals surface area contributed by atoms with Crippen molar-refractivity contribution in [2.75, 3.05) is 0 Å². The monoisotopic (exact) mass is 331 g/mol. The third-order valence-electron chi connectivity index (χ3n) is 3.72. The minimum atomic E-state index is -0.529. The largest absolute Gasteiger partial charge is 0.350 e. The summed E-state index contributed by atoms with van der Waals surface area (Å²) in [5.41, 5.74) is 0.338. The van der Waals surface area contributed by atoms with Crippen LogP contribution in [0.1, 0.15) is 49.9 Å². The molecule has 1 aromatic heterocycles. The Morgan fingerprint density at radius 2 is 2.21 bits per heavy atom. The molecule has 24 heavy (non-hydrogen) atoms. The van der Waals surface area contributed by atoms with Crippen LogP contribution in [0.2, 0.25) is 0 Å². The molecule has 0 aliphatic rings. The Morgan fingerprint density at radius 1 is 1.42 bits per heavy atom. The highest BCUT2D eigenvalue weighted by molar-refractivity contribution is 5.95. The number of rotatable bonds is 8. The van der Waals surface area contributed by atoms with Gasteiger partial charge in [-0.1, -0.05) is 26.2 Å². The molecular formula is C16H21N5O3. The first kappa shape index (κ1) is 17.6. The van der Waals surface area contributed by atoms with Crippen LogP contribution in [0.15, 0.2) is 30.9 Å². The Bertz CT molecular complexity index is 700. The lowest BCUT2D eigenvalue weighted by molar-refractivity contribution is -0.384. The molecule has 1 heterocycles. The first-order chi connectivity index (χ1) is 11.5. The molecule has 8 heteroatoms. The van der Waals surface area contributed by atoms with Gasteiger partial charge in [-0.25, -0.2) is 9.67 Å². The fourth-order valence-corrected chi connectivity index (χ4v) is 2.42. The molecule has 1 unspecified atom stereocenters. The zero-order chi connectivity index (χ0) is 17.5. The summed E-state index contributed by atoms with van der Waals surface area (Å²) >= 11 is 0. The molecule has 8 nitrogen and oxygen atoms in total. The molecule has 0 bridgehead atoms. The third-order valence-corrected chi connectivity index (χ3v) is 3.72. The Labute approximate surface area is 140 Å². The number of carbonyl (C=O) groups is 1. The van der Waals surface area contributed by atoms with E-state index >= 15 is 0 Å². The van der Waals surface area contributed by atoms with E-state index in [2.05, 4.69) is 22.3 Å². The van der Waals surface area contributed by atoms with Crippen molar-refractivity contribution in [2.24, 2.45) is 0 Å². The van der Waals surface area contributed by atoms with Gasteiger partial charge in [-0.15, -0.1) is 0 Å². The number of nitro groups is 1. The number of hydrogen-bond acceptors (Lipinski definition) is 5. The first-order valence-corrected chi connectivity index (χ1v) is 7.97. The summed E-state index contributed by atoms with van der Waals surface area (Å²) in [6, 6.07) is 4.35. The summed E-state index contributed by atoms with van der Waals surface area (Å²) < 4.78 is 1.30. The van der Waals surface area contributed by atoms with Crippen LogP contribution < -0.4 is 5.32 Å². The van der Waals surface area contributed by atoms with E-state index in [0.29, 0.717) is 0 Å². The summed E-state index contributed by atoms with van der Waals surface area (Å²) in [7, 11) is 0. The van der Waals surface area contributed by atoms with Crippen molar-refractivity contribution in [1.29, 1.82) is 0 Å². The second kappa shape index (κ2) is 8.19. The van der Waals surface area contributed by atoms with Crippen molar-refractivity contribution >= 4 is 11.6 Å². The van der Waals surface area contributed by atoms with Gasteiger partial charge in [0.05, 0.1) is 4.92 Å². The van der Waals surface area contributed by atoms with E-state index in [9.17, 15) is 14.9 Å². The molecule has 0 saturated heterocycles. The molecule has 0 fully saturated rings. The maximum atomic E-state index is 12.3. The van der Waals surface area contributed by atoms with E-state index < -0.39 is 4.92 Å². The summed E-state index contributed by atoms with van der Waals surface area (Å²) in [6.07, 6.45) is 6.84. The highest BCUT2D eigenvalue weighted by Gasteiger charge is 2.20. The number of amides is 1. The topological polar surface area (TPSA) is 103 Å². The molecule has 0 saturated carbocycles. The van der Waals surface area contributed by atoms with Gasteiger partial charge in [0.1, 0.15) is 18.3 Å². The molecule has 0 spiro atoms. The molecule has 128 valence electrons. The summed E-state index contributed by atoms with van der Waals surface area (Å²) in [6.45, 7) is 4.06. The molecule has 2 aromatic rings. The van der Waals surface area contributed by atoms with Crippen molar-refractivity contribution in [3.63, 3.8) is 0 Å². The average molecular weight is 331 g/mol. The van der Waals surface area contributed by atoms with Crippen LogP contribution in [0.5, 0.6) is 0 Å². The van der Waals surface area contributed by atoms with Crippen molar-refractivity contribution in [3.05, 3.63) is 46.5 Å². The fraction of sp³-hybridized carbons (Fsp3) is 0.438. The van der Waals surface area contributed by atoms with Crippen molar-refractivity contribution < 1.29 is 9.72 Å². The van der Waals surface area contributed by atoms with E-state index in [1.165, 1.54) is 29.5 Å². The van der Waals surface area contributed by atoms with Gasteiger partial charge in [0.25, 0.3) is 11.6 Å². The standard InChI is InChI=1S/C16H21N5O3/c1-3-4-5-6-12(2)19-16(22)13-7-8-14(15(9-13)21(23)24)20-11-17-10-18-20/h7-12H,3-6H2,1-2H3,(H,19,22). The summed E-state index contributed by atoms with van der Waals surface area (Å²) in [5.74, 6) is -0.313. The molecular weight excluding hydrogens is 310 g/mol. The van der Waals surface area contributed by atoms with Crippen LogP contribution in [-0.2, 0) is 0 Å². The zero-order valence-corrected chi connectivity index (χ0v) is 13.8. The second-order valence-corrected chi connectivity index (χ2v) is 5.67. The number of nitrogens with zero attached hydrogens (tertiary/aromatic N) is 4. The smallest absolute Gasteiger partial charge is 0.295 e. The molecule has 2 rings (SSSR count). The molecule has 0 aliphatic carbocycles. The van der Waals surface area contributed by atoms with Crippen LogP contribution in [0.25, 0.3) is 5.69 Å². The molecule has 1 N–H and O–H groups in total. The van der Waals surface area contributed by atoms with Gasteiger partial charge in [-0.3, -0.25) is 14.9 Å². The van der Waals surface area contributed by atoms with Gasteiger partial charge < -0.3 is 5.32 Å². The van der Waals surface area contributed by atoms with Crippen LogP contribution in [-0.4, -0.2) is 31.6 Å². The van der Waals surface area contributed by atoms with Gasteiger partial charge in [0.2, 0.25) is 0 Å². The number of carbonyl (C=O) groups excluding carboxylic acids is 1. The Morgan fingerprint density at radius 3 is 2.83 bits per heavy atom. The highest BCUT2D eigenvalue weighted by Crippen LogP contribution is 2.23. The van der Waals surface area contributed by atoms with Gasteiger partial charge in [-0.05, 0) is 25.5 Å². The predicted molar refractivity (Wildman–Crippen MR) is 89.1 cm³/mol. The predicted octanol–water partition coefficient (Wildman–Crippen LogP) is 2.87. The molecule has 1 amide bonds. The lowest BCUT2D eigenvalue weighted by atomic mass is 10.1. The zero-order valence-electron chi connectivity index (χ0n) is 13.8. The normalized spacial score (nSPS) is 11.9.